The number of carbonyl (C=O) groups excluding carboxylic acids is 1. The Bertz CT molecular complexity index is 827. The van der Waals surface area contributed by atoms with Crippen molar-refractivity contribution >= 4 is 17.4 Å². The highest BCUT2D eigenvalue weighted by atomic mass is 16.2. The van der Waals surface area contributed by atoms with Gasteiger partial charge >= 0.3 is 0 Å². The van der Waals surface area contributed by atoms with Gasteiger partial charge in [0.2, 0.25) is 0 Å². The highest BCUT2D eigenvalue weighted by Crippen LogP contribution is 2.30. The van der Waals surface area contributed by atoms with Gasteiger partial charge in [-0.2, -0.15) is 0 Å². The second kappa shape index (κ2) is 7.92. The van der Waals surface area contributed by atoms with Crippen molar-refractivity contribution in [2.45, 2.75) is 25.3 Å². The predicted octanol–water partition coefficient (Wildman–Crippen LogP) is 3.35. The summed E-state index contributed by atoms with van der Waals surface area (Å²) in [6.07, 6.45) is 6.71. The molecule has 0 bridgehead atoms. The number of nitrogens with zero attached hydrogens (tertiary/aromatic N) is 3. The van der Waals surface area contributed by atoms with Gasteiger partial charge in [0.05, 0.1) is 5.56 Å². The number of anilines is 2. The lowest BCUT2D eigenvalue weighted by molar-refractivity contribution is 0.0990. The number of para-hydroxylation sites is 1. The number of benzene rings is 1. The third kappa shape index (κ3) is 3.74. The van der Waals surface area contributed by atoms with E-state index in [0.717, 1.165) is 51.1 Å². The van der Waals surface area contributed by atoms with Crippen molar-refractivity contribution in [3.8, 4) is 0 Å². The molecular weight excluding hydrogens is 336 g/mol. The number of piperidine rings is 1. The van der Waals surface area contributed by atoms with Crippen LogP contribution in [0.1, 0.15) is 28.8 Å². The number of aromatic nitrogens is 1. The van der Waals surface area contributed by atoms with Crippen LogP contribution in [0.25, 0.3) is 0 Å². The van der Waals surface area contributed by atoms with Crippen molar-refractivity contribution in [1.82, 2.24) is 9.88 Å². The van der Waals surface area contributed by atoms with Crippen LogP contribution in [0, 0.1) is 0 Å². The van der Waals surface area contributed by atoms with E-state index in [-0.39, 0.29) is 5.91 Å². The Labute approximate surface area is 160 Å². The number of amides is 1. The predicted molar refractivity (Wildman–Crippen MR) is 109 cm³/mol. The summed E-state index contributed by atoms with van der Waals surface area (Å²) in [5.74, 6) is 0.730. The maximum Gasteiger partial charge on any atom is 0.262 e. The summed E-state index contributed by atoms with van der Waals surface area (Å²) in [5, 5.41) is 3.53. The molecule has 0 atom stereocenters. The van der Waals surface area contributed by atoms with Crippen LogP contribution in [0.4, 0.5) is 11.5 Å². The van der Waals surface area contributed by atoms with Crippen LogP contribution in [0.3, 0.4) is 0 Å². The molecule has 0 radical (unpaired) electrons. The second-order valence-corrected chi connectivity index (χ2v) is 7.24. The van der Waals surface area contributed by atoms with Crippen molar-refractivity contribution in [3.63, 3.8) is 0 Å². The molecule has 0 spiro atoms. The van der Waals surface area contributed by atoms with Crippen molar-refractivity contribution in [2.75, 3.05) is 36.4 Å². The van der Waals surface area contributed by atoms with Gasteiger partial charge in [0.25, 0.3) is 5.91 Å². The summed E-state index contributed by atoms with van der Waals surface area (Å²) in [4.78, 5) is 22.0. The monoisotopic (exact) mass is 362 g/mol. The van der Waals surface area contributed by atoms with E-state index in [0.29, 0.717) is 17.4 Å². The highest BCUT2D eigenvalue weighted by Gasteiger charge is 2.28. The summed E-state index contributed by atoms with van der Waals surface area (Å²) in [5.41, 5.74) is 2.91. The van der Waals surface area contributed by atoms with Gasteiger partial charge in [0, 0.05) is 44.1 Å². The van der Waals surface area contributed by atoms with E-state index in [1.807, 2.05) is 41.3 Å². The molecule has 2 aromatic rings. The zero-order valence-corrected chi connectivity index (χ0v) is 15.6. The van der Waals surface area contributed by atoms with Gasteiger partial charge in [-0.05, 0) is 43.0 Å². The van der Waals surface area contributed by atoms with E-state index >= 15 is 0 Å². The van der Waals surface area contributed by atoms with Crippen LogP contribution < -0.4 is 10.2 Å². The Morgan fingerprint density at radius 1 is 1.19 bits per heavy atom. The normalized spacial score (nSPS) is 17.6. The first-order chi connectivity index (χ1) is 13.3. The van der Waals surface area contributed by atoms with E-state index in [9.17, 15) is 4.79 Å². The van der Waals surface area contributed by atoms with E-state index in [4.69, 9.17) is 0 Å². The summed E-state index contributed by atoms with van der Waals surface area (Å²) in [7, 11) is 0. The Morgan fingerprint density at radius 3 is 2.81 bits per heavy atom. The zero-order chi connectivity index (χ0) is 18.6. The van der Waals surface area contributed by atoms with Crippen LogP contribution in [0.5, 0.6) is 0 Å². The Morgan fingerprint density at radius 2 is 2.00 bits per heavy atom. The molecule has 0 saturated carbocycles. The number of pyridine rings is 1. The number of nitrogens with one attached hydrogen (secondary N) is 1. The molecule has 5 nitrogen and oxygen atoms in total. The van der Waals surface area contributed by atoms with Gasteiger partial charge in [-0.3, -0.25) is 9.69 Å². The lowest BCUT2D eigenvalue weighted by Gasteiger charge is -2.32. The zero-order valence-electron chi connectivity index (χ0n) is 15.6. The first-order valence-electron chi connectivity index (χ1n) is 9.71. The van der Waals surface area contributed by atoms with Gasteiger partial charge in [-0.1, -0.05) is 24.3 Å². The molecule has 5 heteroatoms. The Kier molecular flexibility index (Phi) is 5.21. The van der Waals surface area contributed by atoms with Crippen molar-refractivity contribution in [1.29, 1.82) is 0 Å². The summed E-state index contributed by atoms with van der Waals surface area (Å²) in [6, 6.07) is 12.2. The summed E-state index contributed by atoms with van der Waals surface area (Å²) in [6.45, 7) is 7.57. The molecule has 0 aliphatic carbocycles. The van der Waals surface area contributed by atoms with Crippen LogP contribution in [0.15, 0.2) is 55.3 Å². The third-order valence-electron chi connectivity index (χ3n) is 5.49. The maximum absolute atomic E-state index is 13.2. The molecule has 1 fully saturated rings. The van der Waals surface area contributed by atoms with Gasteiger partial charge < -0.3 is 10.2 Å². The van der Waals surface area contributed by atoms with Crippen LogP contribution in [-0.4, -0.2) is 48.0 Å². The number of hydrogen-bond donors (Lipinski definition) is 1. The maximum atomic E-state index is 13.2. The van der Waals surface area contributed by atoms with Crippen LogP contribution in [0.2, 0.25) is 0 Å². The molecule has 1 aromatic heterocycles. The molecule has 140 valence electrons. The standard InChI is InChI=1S/C22H26N4O/c1-2-13-25-14-10-18(11-15-25)24-21-19(7-5-12-23-21)22(27)26-16-9-17-6-3-4-8-20(17)26/h2-8,12,18H,1,9-11,13-16H2,(H,23,24). The molecule has 1 aromatic carbocycles. The van der Waals surface area contributed by atoms with Gasteiger partial charge in [-0.25, -0.2) is 4.98 Å². The lowest BCUT2D eigenvalue weighted by atomic mass is 10.0. The average Bonchev–Trinajstić information content (AvgIpc) is 3.14. The second-order valence-electron chi connectivity index (χ2n) is 7.24. The van der Waals surface area contributed by atoms with Gasteiger partial charge in [-0.15, -0.1) is 6.58 Å². The largest absolute Gasteiger partial charge is 0.367 e. The van der Waals surface area contributed by atoms with Crippen molar-refractivity contribution in [3.05, 3.63) is 66.4 Å². The molecule has 1 saturated heterocycles. The van der Waals surface area contributed by atoms with Crippen molar-refractivity contribution in [2.24, 2.45) is 0 Å². The molecule has 0 unspecified atom stereocenters. The summed E-state index contributed by atoms with van der Waals surface area (Å²) < 4.78 is 0. The van der Waals surface area contributed by atoms with E-state index in [1.54, 1.807) is 6.20 Å². The molecular formula is C22H26N4O. The molecule has 4 rings (SSSR count). The minimum absolute atomic E-state index is 0.0274. The topological polar surface area (TPSA) is 48.5 Å². The Hall–Kier alpha value is -2.66. The van der Waals surface area contributed by atoms with Gasteiger partial charge in [0.1, 0.15) is 5.82 Å². The Balaban J connectivity index is 1.49. The summed E-state index contributed by atoms with van der Waals surface area (Å²) >= 11 is 0. The first-order valence-corrected chi connectivity index (χ1v) is 9.71. The van der Waals surface area contributed by atoms with E-state index < -0.39 is 0 Å². The molecule has 1 amide bonds. The highest BCUT2D eigenvalue weighted by molar-refractivity contribution is 6.10. The molecule has 1 N–H and O–H groups in total. The molecule has 27 heavy (non-hydrogen) atoms. The van der Waals surface area contributed by atoms with Gasteiger partial charge in [0.15, 0.2) is 0 Å². The number of fused-ring (bicyclic) bond motifs is 1. The smallest absolute Gasteiger partial charge is 0.262 e. The molecule has 2 aliphatic heterocycles. The SMILES string of the molecule is C=CCN1CCC(Nc2ncccc2C(=O)N2CCc3ccccc32)CC1. The number of likely N-dealkylation sites (tertiary alicyclic amines) is 1. The number of hydrogen-bond acceptors (Lipinski definition) is 4. The number of carbonyl (C=O) groups is 1. The first kappa shape index (κ1) is 17.7. The molecule has 2 aliphatic rings. The fourth-order valence-electron chi connectivity index (χ4n) is 4.02. The molecule has 3 heterocycles. The third-order valence-corrected chi connectivity index (χ3v) is 5.49. The minimum atomic E-state index is 0.0274. The quantitative estimate of drug-likeness (QED) is 0.829. The lowest BCUT2D eigenvalue weighted by Crippen LogP contribution is -2.39. The fourth-order valence-corrected chi connectivity index (χ4v) is 4.02. The van der Waals surface area contributed by atoms with E-state index in [2.05, 4.69) is 27.8 Å². The van der Waals surface area contributed by atoms with Crippen LogP contribution >= 0.6 is 0 Å². The fraction of sp³-hybridized carbons (Fsp3) is 0.364. The van der Waals surface area contributed by atoms with Crippen molar-refractivity contribution < 1.29 is 4.79 Å². The van der Waals surface area contributed by atoms with Crippen LogP contribution in [-0.2, 0) is 6.42 Å². The average molecular weight is 362 g/mol. The number of rotatable bonds is 5. The minimum Gasteiger partial charge on any atom is -0.367 e. The van der Waals surface area contributed by atoms with E-state index in [1.165, 1.54) is 5.56 Å².